The van der Waals surface area contributed by atoms with E-state index in [4.69, 9.17) is 14.6 Å². The molecule has 1 unspecified atom stereocenters. The maximum absolute atomic E-state index is 12.3. The van der Waals surface area contributed by atoms with Gasteiger partial charge in [0.15, 0.2) is 0 Å². The first kappa shape index (κ1) is 36.9. The van der Waals surface area contributed by atoms with Gasteiger partial charge < -0.3 is 24.2 Å². The Kier molecular flexibility index (Phi) is 17.1. The van der Waals surface area contributed by atoms with Crippen LogP contribution in [0, 0.1) is 23.7 Å². The van der Waals surface area contributed by atoms with E-state index in [1.807, 2.05) is 0 Å². The van der Waals surface area contributed by atoms with E-state index in [0.717, 1.165) is 48.8 Å². The van der Waals surface area contributed by atoms with Crippen molar-refractivity contribution in [3.05, 3.63) is 72.3 Å². The van der Waals surface area contributed by atoms with Gasteiger partial charge in [-0.1, -0.05) is 79.1 Å². The SMILES string of the molecule is CC#CCOc1ccc(Sc2ccc(-c3ccccc3C(O)C#CCOCCCCCCCO)cc2S(=O)(=O)[O-])cc1.[Na+]. The molecule has 0 saturated heterocycles. The molecular formula is C33H35NaO7S2. The molecular weight excluding hydrogens is 595 g/mol. The summed E-state index contributed by atoms with van der Waals surface area (Å²) >= 11 is 1.16. The molecule has 0 aliphatic heterocycles. The van der Waals surface area contributed by atoms with Gasteiger partial charge in [0, 0.05) is 28.6 Å². The van der Waals surface area contributed by atoms with Gasteiger partial charge >= 0.3 is 29.6 Å². The molecule has 3 aromatic rings. The molecule has 10 heteroatoms. The number of rotatable bonds is 15. The van der Waals surface area contributed by atoms with E-state index in [2.05, 4.69) is 23.7 Å². The zero-order valence-corrected chi connectivity index (χ0v) is 28.2. The summed E-state index contributed by atoms with van der Waals surface area (Å²) in [4.78, 5) is 0.683. The number of ether oxygens (including phenoxy) is 2. The van der Waals surface area contributed by atoms with Crippen LogP contribution in [0.2, 0.25) is 0 Å². The zero-order chi connectivity index (χ0) is 30.2. The summed E-state index contributed by atoms with van der Waals surface area (Å²) in [5, 5.41) is 19.6. The Bertz CT molecular complexity index is 1520. The van der Waals surface area contributed by atoms with Gasteiger partial charge in [0.2, 0.25) is 0 Å². The average Bonchev–Trinajstić information content (AvgIpc) is 2.98. The summed E-state index contributed by atoms with van der Waals surface area (Å²) < 4.78 is 47.8. The van der Waals surface area contributed by atoms with Crippen LogP contribution in [0.4, 0.5) is 0 Å². The third-order valence-electron chi connectivity index (χ3n) is 6.18. The fraction of sp³-hybridized carbons (Fsp3) is 0.333. The number of aliphatic hydroxyl groups excluding tert-OH is 2. The Balaban J connectivity index is 0.00000645. The van der Waals surface area contributed by atoms with Crippen molar-refractivity contribution in [3.63, 3.8) is 0 Å². The van der Waals surface area contributed by atoms with Crippen molar-refractivity contribution in [1.82, 2.24) is 0 Å². The maximum Gasteiger partial charge on any atom is 1.00 e. The summed E-state index contributed by atoms with van der Waals surface area (Å²) in [6.45, 7) is 2.98. The molecule has 0 spiro atoms. The minimum atomic E-state index is -4.80. The minimum absolute atomic E-state index is 0. The van der Waals surface area contributed by atoms with Crippen LogP contribution in [-0.2, 0) is 14.9 Å². The van der Waals surface area contributed by atoms with Gasteiger partial charge in [0.1, 0.15) is 35.2 Å². The van der Waals surface area contributed by atoms with Crippen molar-refractivity contribution < 1.29 is 62.2 Å². The number of unbranched alkanes of at least 4 members (excludes halogenated alkanes) is 4. The molecule has 43 heavy (non-hydrogen) atoms. The summed E-state index contributed by atoms with van der Waals surface area (Å²) in [6, 6.07) is 18.7. The maximum atomic E-state index is 12.3. The normalized spacial score (nSPS) is 11.3. The van der Waals surface area contributed by atoms with E-state index >= 15 is 0 Å². The van der Waals surface area contributed by atoms with Crippen LogP contribution >= 0.6 is 11.8 Å². The third-order valence-corrected chi connectivity index (χ3v) is 8.27. The standard InChI is InChI=1S/C33H36O7S2.Na/c1-2-3-24-40-27-16-18-28(19-17-27)41-32-20-15-26(25-33(32)42(36,37)38)29-12-7-8-13-30(29)31(35)14-11-23-39-22-10-6-4-5-9-21-34;/h7-8,12-13,15-20,25,31,34-35H,4-6,9-10,21-24H2,1H3,(H,36,37,38);/q;+1/p-1. The fourth-order valence-electron chi connectivity index (χ4n) is 4.06. The molecule has 3 rings (SSSR count). The van der Waals surface area contributed by atoms with Gasteiger partial charge in [0.25, 0.3) is 0 Å². The average molecular weight is 631 g/mol. The van der Waals surface area contributed by atoms with E-state index in [9.17, 15) is 18.1 Å². The molecule has 7 nitrogen and oxygen atoms in total. The number of benzene rings is 3. The Morgan fingerprint density at radius 3 is 2.37 bits per heavy atom. The first-order valence-corrected chi connectivity index (χ1v) is 15.9. The number of hydrogen-bond donors (Lipinski definition) is 2. The van der Waals surface area contributed by atoms with Crippen LogP contribution in [0.1, 0.15) is 50.7 Å². The third kappa shape index (κ3) is 12.7. The number of aliphatic hydroxyl groups is 2. The van der Waals surface area contributed by atoms with Crippen LogP contribution in [0.15, 0.2) is 81.4 Å². The van der Waals surface area contributed by atoms with Gasteiger partial charge in [-0.2, -0.15) is 0 Å². The van der Waals surface area contributed by atoms with E-state index in [1.54, 1.807) is 67.6 Å². The molecule has 0 aliphatic rings. The van der Waals surface area contributed by atoms with E-state index < -0.39 is 16.2 Å². The topological polar surface area (TPSA) is 116 Å². The van der Waals surface area contributed by atoms with Crippen LogP contribution in [0.25, 0.3) is 11.1 Å². The van der Waals surface area contributed by atoms with Gasteiger partial charge in [-0.05, 0) is 67.3 Å². The van der Waals surface area contributed by atoms with Crippen molar-refractivity contribution in [2.45, 2.75) is 59.8 Å². The Labute approximate surface area is 281 Å². The van der Waals surface area contributed by atoms with Crippen LogP contribution < -0.4 is 34.3 Å². The molecule has 0 bridgehead atoms. The van der Waals surface area contributed by atoms with Crippen LogP contribution in [-0.4, -0.2) is 49.6 Å². The Morgan fingerprint density at radius 2 is 1.65 bits per heavy atom. The molecule has 222 valence electrons. The molecule has 1 atom stereocenters. The minimum Gasteiger partial charge on any atom is -0.744 e. The fourth-order valence-corrected chi connectivity index (χ4v) is 5.90. The Hall–Kier alpha value is -2.28. The van der Waals surface area contributed by atoms with Crippen molar-refractivity contribution in [1.29, 1.82) is 0 Å². The summed E-state index contributed by atoms with van der Waals surface area (Å²) in [5.74, 6) is 11.8. The molecule has 0 saturated carbocycles. The smallest absolute Gasteiger partial charge is 0.744 e. The van der Waals surface area contributed by atoms with Gasteiger partial charge in [-0.3, -0.25) is 0 Å². The van der Waals surface area contributed by atoms with Crippen molar-refractivity contribution in [3.8, 4) is 40.6 Å². The first-order valence-electron chi connectivity index (χ1n) is 13.7. The molecule has 3 aromatic carbocycles. The second-order valence-corrected chi connectivity index (χ2v) is 11.7. The quantitative estimate of drug-likeness (QED) is 0.114. The molecule has 0 aliphatic carbocycles. The van der Waals surface area contributed by atoms with Crippen molar-refractivity contribution >= 4 is 21.9 Å². The molecule has 0 radical (unpaired) electrons. The van der Waals surface area contributed by atoms with E-state index in [0.29, 0.717) is 33.9 Å². The molecule has 0 fully saturated rings. The second-order valence-electron chi connectivity index (χ2n) is 9.26. The number of hydrogen-bond acceptors (Lipinski definition) is 8. The summed E-state index contributed by atoms with van der Waals surface area (Å²) in [5.41, 5.74) is 1.54. The van der Waals surface area contributed by atoms with Crippen LogP contribution in [0.3, 0.4) is 0 Å². The monoisotopic (exact) mass is 630 g/mol. The summed E-state index contributed by atoms with van der Waals surface area (Å²) in [7, 11) is -4.80. The predicted molar refractivity (Wildman–Crippen MR) is 163 cm³/mol. The molecule has 2 N–H and O–H groups in total. The predicted octanol–water partition coefficient (Wildman–Crippen LogP) is 2.81. The van der Waals surface area contributed by atoms with Crippen molar-refractivity contribution in [2.24, 2.45) is 0 Å². The second kappa shape index (κ2) is 19.9. The zero-order valence-electron chi connectivity index (χ0n) is 24.5. The molecule has 0 heterocycles. The van der Waals surface area contributed by atoms with Gasteiger partial charge in [-0.15, -0.1) is 5.92 Å². The first-order chi connectivity index (χ1) is 20.3. The molecule has 0 aromatic heterocycles. The van der Waals surface area contributed by atoms with Gasteiger partial charge in [-0.25, -0.2) is 8.42 Å². The van der Waals surface area contributed by atoms with Gasteiger partial charge in [0.05, 0.1) is 4.90 Å². The largest absolute Gasteiger partial charge is 1.00 e. The van der Waals surface area contributed by atoms with Crippen LogP contribution in [0.5, 0.6) is 5.75 Å². The van der Waals surface area contributed by atoms with Crippen molar-refractivity contribution in [2.75, 3.05) is 26.4 Å². The molecule has 0 amide bonds. The van der Waals surface area contributed by atoms with E-state index in [1.165, 1.54) is 6.07 Å². The summed E-state index contributed by atoms with van der Waals surface area (Å²) in [6.07, 6.45) is 3.69. The van der Waals surface area contributed by atoms with E-state index in [-0.39, 0.29) is 54.3 Å². The Morgan fingerprint density at radius 1 is 0.930 bits per heavy atom.